The maximum absolute atomic E-state index is 5.94. The van der Waals surface area contributed by atoms with Crippen molar-refractivity contribution in [2.45, 2.75) is 32.6 Å². The molecule has 1 heterocycles. The molecule has 0 fully saturated rings. The smallest absolute Gasteiger partial charge is 0.0621 e. The zero-order valence-corrected chi connectivity index (χ0v) is 8.14. The summed E-state index contributed by atoms with van der Waals surface area (Å²) in [6, 6.07) is 3.77. The molecule has 0 saturated heterocycles. The standard InChI is InChI=1S/C10H14ClN/c1-2-3-4-7-10-9(11)6-5-8-12-10/h5-6,8H,2-4,7H2,1H3. The molecule has 0 aromatic carbocycles. The highest BCUT2D eigenvalue weighted by molar-refractivity contribution is 6.31. The summed E-state index contributed by atoms with van der Waals surface area (Å²) in [5, 5.41) is 0.800. The molecule has 0 amide bonds. The molecule has 0 unspecified atom stereocenters. The number of pyridine rings is 1. The van der Waals surface area contributed by atoms with Crippen LogP contribution in [0.1, 0.15) is 31.9 Å². The number of aryl methyl sites for hydroxylation is 1. The minimum absolute atomic E-state index is 0.800. The number of rotatable bonds is 4. The summed E-state index contributed by atoms with van der Waals surface area (Å²) in [7, 11) is 0. The van der Waals surface area contributed by atoms with E-state index in [4.69, 9.17) is 11.6 Å². The third-order valence-corrected chi connectivity index (χ3v) is 2.20. The number of hydrogen-bond donors (Lipinski definition) is 0. The minimum atomic E-state index is 0.800. The highest BCUT2D eigenvalue weighted by Gasteiger charge is 1.98. The van der Waals surface area contributed by atoms with Crippen LogP contribution in [0.25, 0.3) is 0 Å². The van der Waals surface area contributed by atoms with Gasteiger partial charge in [0, 0.05) is 6.20 Å². The summed E-state index contributed by atoms with van der Waals surface area (Å²) in [5.41, 5.74) is 1.03. The molecular weight excluding hydrogens is 170 g/mol. The fourth-order valence-electron chi connectivity index (χ4n) is 1.14. The SMILES string of the molecule is CCCCCc1ncccc1Cl. The van der Waals surface area contributed by atoms with Gasteiger partial charge in [-0.1, -0.05) is 31.4 Å². The summed E-state index contributed by atoms with van der Waals surface area (Å²) in [4.78, 5) is 4.22. The van der Waals surface area contributed by atoms with Crippen molar-refractivity contribution in [1.29, 1.82) is 0 Å². The van der Waals surface area contributed by atoms with Crippen LogP contribution < -0.4 is 0 Å². The first-order valence-corrected chi connectivity index (χ1v) is 4.81. The van der Waals surface area contributed by atoms with Gasteiger partial charge in [0.25, 0.3) is 0 Å². The largest absolute Gasteiger partial charge is 0.260 e. The predicted octanol–water partition coefficient (Wildman–Crippen LogP) is 3.47. The molecule has 2 heteroatoms. The highest BCUT2D eigenvalue weighted by atomic mass is 35.5. The molecule has 12 heavy (non-hydrogen) atoms. The zero-order valence-electron chi connectivity index (χ0n) is 7.39. The van der Waals surface area contributed by atoms with Crippen molar-refractivity contribution < 1.29 is 0 Å². The van der Waals surface area contributed by atoms with E-state index in [0.29, 0.717) is 0 Å². The van der Waals surface area contributed by atoms with Crippen molar-refractivity contribution in [1.82, 2.24) is 4.98 Å². The molecule has 0 N–H and O–H groups in total. The quantitative estimate of drug-likeness (QED) is 0.652. The monoisotopic (exact) mass is 183 g/mol. The Balaban J connectivity index is 2.46. The van der Waals surface area contributed by atoms with Gasteiger partial charge < -0.3 is 0 Å². The van der Waals surface area contributed by atoms with E-state index in [1.54, 1.807) is 6.20 Å². The lowest BCUT2D eigenvalue weighted by molar-refractivity contribution is 0.707. The molecule has 0 spiro atoms. The van der Waals surface area contributed by atoms with E-state index in [1.807, 2.05) is 12.1 Å². The molecule has 0 aliphatic heterocycles. The Morgan fingerprint density at radius 1 is 1.42 bits per heavy atom. The van der Waals surface area contributed by atoms with Gasteiger partial charge in [0.05, 0.1) is 10.7 Å². The van der Waals surface area contributed by atoms with E-state index in [1.165, 1.54) is 19.3 Å². The molecule has 0 saturated carbocycles. The Morgan fingerprint density at radius 2 is 2.25 bits per heavy atom. The predicted molar refractivity (Wildman–Crippen MR) is 52.5 cm³/mol. The summed E-state index contributed by atoms with van der Waals surface area (Å²) in [6.45, 7) is 2.19. The van der Waals surface area contributed by atoms with E-state index < -0.39 is 0 Å². The topological polar surface area (TPSA) is 12.9 Å². The number of aromatic nitrogens is 1. The van der Waals surface area contributed by atoms with Crippen LogP contribution >= 0.6 is 11.6 Å². The average molecular weight is 184 g/mol. The molecular formula is C10H14ClN. The van der Waals surface area contributed by atoms with Crippen LogP contribution in [-0.2, 0) is 6.42 Å². The Morgan fingerprint density at radius 3 is 2.92 bits per heavy atom. The fraction of sp³-hybridized carbons (Fsp3) is 0.500. The van der Waals surface area contributed by atoms with Crippen LogP contribution in [0.3, 0.4) is 0 Å². The first-order valence-electron chi connectivity index (χ1n) is 4.44. The first-order chi connectivity index (χ1) is 5.84. The number of halogens is 1. The normalized spacial score (nSPS) is 10.2. The van der Waals surface area contributed by atoms with Crippen LogP contribution in [-0.4, -0.2) is 4.98 Å². The van der Waals surface area contributed by atoms with Gasteiger partial charge in [-0.3, -0.25) is 4.98 Å². The van der Waals surface area contributed by atoms with Crippen molar-refractivity contribution in [2.24, 2.45) is 0 Å². The van der Waals surface area contributed by atoms with E-state index in [0.717, 1.165) is 17.1 Å². The number of unbranched alkanes of at least 4 members (excludes halogenated alkanes) is 2. The van der Waals surface area contributed by atoms with Crippen molar-refractivity contribution in [3.63, 3.8) is 0 Å². The molecule has 0 bridgehead atoms. The zero-order chi connectivity index (χ0) is 8.81. The van der Waals surface area contributed by atoms with Crippen molar-refractivity contribution in [3.05, 3.63) is 29.0 Å². The van der Waals surface area contributed by atoms with Gasteiger partial charge in [0.2, 0.25) is 0 Å². The fourth-order valence-corrected chi connectivity index (χ4v) is 1.36. The van der Waals surface area contributed by atoms with Gasteiger partial charge in [-0.2, -0.15) is 0 Å². The molecule has 0 atom stereocenters. The van der Waals surface area contributed by atoms with E-state index >= 15 is 0 Å². The lowest BCUT2D eigenvalue weighted by atomic mass is 10.1. The van der Waals surface area contributed by atoms with Gasteiger partial charge in [-0.25, -0.2) is 0 Å². The lowest BCUT2D eigenvalue weighted by Gasteiger charge is -2.00. The Bertz CT molecular complexity index is 235. The van der Waals surface area contributed by atoms with E-state index in [2.05, 4.69) is 11.9 Å². The minimum Gasteiger partial charge on any atom is -0.260 e. The summed E-state index contributed by atoms with van der Waals surface area (Å²) < 4.78 is 0. The Kier molecular flexibility index (Phi) is 4.09. The number of nitrogens with zero attached hydrogens (tertiary/aromatic N) is 1. The highest BCUT2D eigenvalue weighted by Crippen LogP contribution is 2.14. The Hall–Kier alpha value is -0.560. The lowest BCUT2D eigenvalue weighted by Crippen LogP contribution is -1.90. The second-order valence-electron chi connectivity index (χ2n) is 2.89. The molecule has 0 aliphatic rings. The Labute approximate surface area is 78.8 Å². The maximum Gasteiger partial charge on any atom is 0.0621 e. The first kappa shape index (κ1) is 9.53. The molecule has 1 nitrogen and oxygen atoms in total. The third-order valence-electron chi connectivity index (χ3n) is 1.85. The molecule has 1 rings (SSSR count). The summed E-state index contributed by atoms with van der Waals surface area (Å²) in [6.07, 6.45) is 6.49. The third kappa shape index (κ3) is 2.82. The molecule has 1 aromatic heterocycles. The average Bonchev–Trinajstić information content (AvgIpc) is 2.09. The van der Waals surface area contributed by atoms with Gasteiger partial charge in [-0.05, 0) is 25.0 Å². The van der Waals surface area contributed by atoms with Crippen LogP contribution in [0.4, 0.5) is 0 Å². The van der Waals surface area contributed by atoms with Crippen molar-refractivity contribution >= 4 is 11.6 Å². The summed E-state index contributed by atoms with van der Waals surface area (Å²) >= 11 is 5.94. The van der Waals surface area contributed by atoms with Crippen LogP contribution in [0.2, 0.25) is 5.02 Å². The number of hydrogen-bond acceptors (Lipinski definition) is 1. The van der Waals surface area contributed by atoms with Crippen molar-refractivity contribution in [3.8, 4) is 0 Å². The second-order valence-corrected chi connectivity index (χ2v) is 3.30. The van der Waals surface area contributed by atoms with Crippen LogP contribution in [0.15, 0.2) is 18.3 Å². The molecule has 1 aromatic rings. The van der Waals surface area contributed by atoms with E-state index in [-0.39, 0.29) is 0 Å². The van der Waals surface area contributed by atoms with E-state index in [9.17, 15) is 0 Å². The maximum atomic E-state index is 5.94. The van der Waals surface area contributed by atoms with Gasteiger partial charge in [0.15, 0.2) is 0 Å². The van der Waals surface area contributed by atoms with Gasteiger partial charge in [-0.15, -0.1) is 0 Å². The molecule has 0 radical (unpaired) electrons. The second kappa shape index (κ2) is 5.15. The summed E-state index contributed by atoms with van der Waals surface area (Å²) in [5.74, 6) is 0. The van der Waals surface area contributed by atoms with Crippen LogP contribution in [0.5, 0.6) is 0 Å². The van der Waals surface area contributed by atoms with Gasteiger partial charge >= 0.3 is 0 Å². The van der Waals surface area contributed by atoms with Crippen molar-refractivity contribution in [2.75, 3.05) is 0 Å². The molecule has 66 valence electrons. The van der Waals surface area contributed by atoms with Gasteiger partial charge in [0.1, 0.15) is 0 Å². The van der Waals surface area contributed by atoms with Crippen LogP contribution in [0, 0.1) is 0 Å². The molecule has 0 aliphatic carbocycles.